The van der Waals surface area contributed by atoms with Crippen LogP contribution in [-0.4, -0.2) is 17.0 Å². The Kier molecular flexibility index (Phi) is 2.38. The zero-order chi connectivity index (χ0) is 12.7. The van der Waals surface area contributed by atoms with Crippen molar-refractivity contribution in [2.45, 2.75) is 13.5 Å². The van der Waals surface area contributed by atoms with E-state index in [1.807, 2.05) is 19.1 Å². The van der Waals surface area contributed by atoms with Gasteiger partial charge >= 0.3 is 0 Å². The fraction of sp³-hybridized carbons (Fsp3) is 0.250. The third-order valence-electron chi connectivity index (χ3n) is 3.07. The Morgan fingerprint density at radius 3 is 2.72 bits per heavy atom. The number of rotatable bonds is 2. The second-order valence-corrected chi connectivity index (χ2v) is 4.16. The first-order valence-corrected chi connectivity index (χ1v) is 5.61. The van der Waals surface area contributed by atoms with Crippen LogP contribution in [0.4, 0.5) is 0 Å². The summed E-state index contributed by atoms with van der Waals surface area (Å²) in [7, 11) is 0. The summed E-state index contributed by atoms with van der Waals surface area (Å²) in [6.07, 6.45) is 0. The van der Waals surface area contributed by atoms with Gasteiger partial charge in [0, 0.05) is 12.1 Å². The Balaban J connectivity index is 2.20. The molecular formula is C12H13N3O3. The van der Waals surface area contributed by atoms with E-state index in [-0.39, 0.29) is 18.9 Å². The van der Waals surface area contributed by atoms with Gasteiger partial charge in [0.05, 0.1) is 11.3 Å². The zero-order valence-corrected chi connectivity index (χ0v) is 9.87. The van der Waals surface area contributed by atoms with Crippen LogP contribution in [0.5, 0.6) is 11.5 Å². The Labute approximate surface area is 103 Å². The molecule has 3 rings (SSSR count). The minimum atomic E-state index is -0.190. The number of hydrogen-bond acceptors (Lipinski definition) is 4. The largest absolute Gasteiger partial charge is 0.454 e. The summed E-state index contributed by atoms with van der Waals surface area (Å²) in [6, 6.07) is 3.75. The average molecular weight is 247 g/mol. The second kappa shape index (κ2) is 3.92. The molecule has 2 aromatic rings. The van der Waals surface area contributed by atoms with Gasteiger partial charge in [0.2, 0.25) is 6.79 Å². The maximum atomic E-state index is 11.6. The van der Waals surface area contributed by atoms with Gasteiger partial charge < -0.3 is 15.2 Å². The van der Waals surface area contributed by atoms with E-state index < -0.39 is 0 Å². The molecule has 1 aromatic heterocycles. The lowest BCUT2D eigenvalue weighted by atomic mass is 10.0. The number of fused-ring (bicyclic) bond motifs is 1. The quantitative estimate of drug-likeness (QED) is 0.734. The molecule has 18 heavy (non-hydrogen) atoms. The summed E-state index contributed by atoms with van der Waals surface area (Å²) in [5, 5.41) is 5.41. The van der Waals surface area contributed by atoms with Crippen molar-refractivity contribution < 1.29 is 9.47 Å². The zero-order valence-electron chi connectivity index (χ0n) is 9.87. The summed E-state index contributed by atoms with van der Waals surface area (Å²) < 4.78 is 10.6. The molecule has 94 valence electrons. The van der Waals surface area contributed by atoms with E-state index in [1.165, 1.54) is 0 Å². The molecule has 0 aliphatic carbocycles. The molecule has 0 radical (unpaired) electrons. The molecule has 0 unspecified atom stereocenters. The highest BCUT2D eigenvalue weighted by Gasteiger charge is 2.19. The SMILES string of the molecule is Cc1cc2c(cc1-c1[nH][nH]c(=O)c1CN)OCO2. The van der Waals surface area contributed by atoms with Gasteiger partial charge in [0.15, 0.2) is 11.5 Å². The molecular weight excluding hydrogens is 234 g/mol. The Morgan fingerprint density at radius 1 is 1.28 bits per heavy atom. The van der Waals surface area contributed by atoms with E-state index in [4.69, 9.17) is 15.2 Å². The summed E-state index contributed by atoms with van der Waals surface area (Å²) in [5.41, 5.74) is 8.53. The summed E-state index contributed by atoms with van der Waals surface area (Å²) in [5.74, 6) is 1.41. The van der Waals surface area contributed by atoms with Crippen LogP contribution in [0.2, 0.25) is 0 Å². The highest BCUT2D eigenvalue weighted by Crippen LogP contribution is 2.38. The summed E-state index contributed by atoms with van der Waals surface area (Å²) >= 11 is 0. The summed E-state index contributed by atoms with van der Waals surface area (Å²) in [6.45, 7) is 2.36. The predicted octanol–water partition coefficient (Wildman–Crippen LogP) is 0.866. The molecule has 0 fully saturated rings. The van der Waals surface area contributed by atoms with E-state index in [1.54, 1.807) is 0 Å². The van der Waals surface area contributed by atoms with Crippen molar-refractivity contribution in [2.24, 2.45) is 5.73 Å². The smallest absolute Gasteiger partial charge is 0.269 e. The molecule has 0 amide bonds. The number of aromatic amines is 2. The summed E-state index contributed by atoms with van der Waals surface area (Å²) in [4.78, 5) is 11.6. The minimum Gasteiger partial charge on any atom is -0.454 e. The normalized spacial score (nSPS) is 13.0. The maximum absolute atomic E-state index is 11.6. The van der Waals surface area contributed by atoms with Crippen LogP contribution in [0.3, 0.4) is 0 Å². The van der Waals surface area contributed by atoms with Crippen LogP contribution in [0, 0.1) is 6.92 Å². The molecule has 4 N–H and O–H groups in total. The molecule has 0 atom stereocenters. The Morgan fingerprint density at radius 2 is 2.00 bits per heavy atom. The topological polar surface area (TPSA) is 93.1 Å². The van der Waals surface area contributed by atoms with Crippen LogP contribution >= 0.6 is 0 Å². The Hall–Kier alpha value is -2.21. The van der Waals surface area contributed by atoms with Crippen molar-refractivity contribution >= 4 is 0 Å². The van der Waals surface area contributed by atoms with Crippen molar-refractivity contribution in [2.75, 3.05) is 6.79 Å². The van der Waals surface area contributed by atoms with Crippen molar-refractivity contribution in [1.29, 1.82) is 0 Å². The van der Waals surface area contributed by atoms with Crippen LogP contribution in [0.15, 0.2) is 16.9 Å². The number of hydrogen-bond donors (Lipinski definition) is 3. The average Bonchev–Trinajstić information content (AvgIpc) is 2.93. The third kappa shape index (κ3) is 1.50. The molecule has 1 aliphatic heterocycles. The van der Waals surface area contributed by atoms with Crippen LogP contribution in [0.25, 0.3) is 11.3 Å². The maximum Gasteiger partial charge on any atom is 0.269 e. The lowest BCUT2D eigenvalue weighted by Crippen LogP contribution is -2.10. The van der Waals surface area contributed by atoms with Crippen molar-refractivity contribution in [3.05, 3.63) is 33.6 Å². The first-order chi connectivity index (χ1) is 8.70. The molecule has 0 saturated heterocycles. The molecule has 6 heteroatoms. The van der Waals surface area contributed by atoms with Gasteiger partial charge in [-0.3, -0.25) is 15.0 Å². The monoisotopic (exact) mass is 247 g/mol. The molecule has 1 aliphatic rings. The highest BCUT2D eigenvalue weighted by atomic mass is 16.7. The van der Waals surface area contributed by atoms with Gasteiger partial charge in [-0.2, -0.15) is 0 Å². The van der Waals surface area contributed by atoms with E-state index in [0.29, 0.717) is 17.0 Å². The van der Waals surface area contributed by atoms with E-state index in [9.17, 15) is 4.79 Å². The number of aryl methyl sites for hydroxylation is 1. The van der Waals surface area contributed by atoms with Gasteiger partial charge in [0.1, 0.15) is 0 Å². The van der Waals surface area contributed by atoms with Crippen molar-refractivity contribution in [1.82, 2.24) is 10.2 Å². The van der Waals surface area contributed by atoms with E-state index in [0.717, 1.165) is 16.9 Å². The molecule has 6 nitrogen and oxygen atoms in total. The lowest BCUT2D eigenvalue weighted by molar-refractivity contribution is 0.174. The van der Waals surface area contributed by atoms with Crippen LogP contribution in [-0.2, 0) is 6.54 Å². The first-order valence-electron chi connectivity index (χ1n) is 5.61. The number of aromatic nitrogens is 2. The first kappa shape index (κ1) is 10.9. The van der Waals surface area contributed by atoms with Crippen molar-refractivity contribution in [3.8, 4) is 22.8 Å². The molecule has 2 heterocycles. The fourth-order valence-corrected chi connectivity index (χ4v) is 2.12. The van der Waals surface area contributed by atoms with Crippen molar-refractivity contribution in [3.63, 3.8) is 0 Å². The molecule has 1 aromatic carbocycles. The molecule has 0 bridgehead atoms. The third-order valence-corrected chi connectivity index (χ3v) is 3.07. The number of benzene rings is 1. The van der Waals surface area contributed by atoms with Crippen LogP contribution < -0.4 is 20.8 Å². The lowest BCUT2D eigenvalue weighted by Gasteiger charge is -2.07. The van der Waals surface area contributed by atoms with Gasteiger partial charge in [-0.05, 0) is 24.6 Å². The number of nitrogens with one attached hydrogen (secondary N) is 2. The highest BCUT2D eigenvalue weighted by molar-refractivity contribution is 5.70. The van der Waals surface area contributed by atoms with E-state index >= 15 is 0 Å². The number of ether oxygens (including phenoxy) is 2. The number of H-pyrrole nitrogens is 2. The van der Waals surface area contributed by atoms with Gasteiger partial charge in [-0.1, -0.05) is 0 Å². The Bertz CT molecular complexity index is 657. The van der Waals surface area contributed by atoms with E-state index in [2.05, 4.69) is 10.2 Å². The van der Waals surface area contributed by atoms with Crippen LogP contribution in [0.1, 0.15) is 11.1 Å². The van der Waals surface area contributed by atoms with Gasteiger partial charge in [-0.15, -0.1) is 0 Å². The molecule has 0 spiro atoms. The minimum absolute atomic E-state index is 0.183. The predicted molar refractivity (Wildman–Crippen MR) is 65.6 cm³/mol. The number of nitrogens with two attached hydrogens (primary N) is 1. The van der Waals surface area contributed by atoms with Gasteiger partial charge in [0.25, 0.3) is 5.56 Å². The fourth-order valence-electron chi connectivity index (χ4n) is 2.12. The second-order valence-electron chi connectivity index (χ2n) is 4.16. The standard InChI is InChI=1S/C12H13N3O3/c1-6-2-9-10(18-5-17-9)3-7(6)11-8(4-13)12(16)15-14-11/h2-3H,4-5,13H2,1H3,(H2,14,15,16). The van der Waals surface area contributed by atoms with Gasteiger partial charge in [-0.25, -0.2) is 0 Å². The molecule has 0 saturated carbocycles.